The first-order valence-corrected chi connectivity index (χ1v) is 17.2. The molecular formula is C28H33Cl3N6O6S2. The number of rotatable bonds is 13. The summed E-state index contributed by atoms with van der Waals surface area (Å²) in [5.74, 6) is -1.24. The second kappa shape index (κ2) is 15.4. The normalized spacial score (nSPS) is 14.6. The van der Waals surface area contributed by atoms with E-state index in [-0.39, 0.29) is 55.9 Å². The third kappa shape index (κ3) is 8.84. The Hall–Kier alpha value is -2.53. The molecule has 1 saturated heterocycles. The summed E-state index contributed by atoms with van der Waals surface area (Å²) in [6.45, 7) is 1.96. The van der Waals surface area contributed by atoms with Gasteiger partial charge >= 0.3 is 0 Å². The van der Waals surface area contributed by atoms with E-state index in [9.17, 15) is 23.1 Å². The highest BCUT2D eigenvalue weighted by molar-refractivity contribution is 7.86. The van der Waals surface area contributed by atoms with Crippen molar-refractivity contribution in [1.29, 1.82) is 0 Å². The summed E-state index contributed by atoms with van der Waals surface area (Å²) in [7, 11) is 0.493. The Bertz CT molecular complexity index is 1650. The van der Waals surface area contributed by atoms with Crippen molar-refractivity contribution in [2.24, 2.45) is 0 Å². The van der Waals surface area contributed by atoms with Crippen molar-refractivity contribution >= 4 is 79.7 Å². The van der Waals surface area contributed by atoms with E-state index in [0.29, 0.717) is 12.1 Å². The lowest BCUT2D eigenvalue weighted by atomic mass is 10.1. The lowest BCUT2D eigenvalue weighted by Gasteiger charge is -2.21. The lowest BCUT2D eigenvalue weighted by molar-refractivity contribution is 0.0760. The number of β-amino-alcohol motifs (C(OH)–C–C–N with tert-alkyl or cyclic N) is 1. The van der Waals surface area contributed by atoms with Gasteiger partial charge in [0.1, 0.15) is 23.3 Å². The van der Waals surface area contributed by atoms with Crippen molar-refractivity contribution in [2.45, 2.75) is 25.5 Å². The maximum atomic E-state index is 13.6. The van der Waals surface area contributed by atoms with Crippen molar-refractivity contribution in [3.63, 3.8) is 0 Å². The van der Waals surface area contributed by atoms with Gasteiger partial charge in [-0.25, -0.2) is 4.98 Å². The van der Waals surface area contributed by atoms with E-state index in [0.717, 1.165) is 45.9 Å². The van der Waals surface area contributed by atoms with Crippen LogP contribution in [0.1, 0.15) is 38.4 Å². The van der Waals surface area contributed by atoms with Crippen molar-refractivity contribution in [1.82, 2.24) is 18.5 Å². The largest absolute Gasteiger partial charge is 0.489 e. The van der Waals surface area contributed by atoms with Crippen LogP contribution >= 0.6 is 46.1 Å². The zero-order valence-corrected chi connectivity index (χ0v) is 28.6. The molecule has 4 rings (SSSR count). The number of nitrogens with zero attached hydrogens (tertiary/aromatic N) is 4. The maximum Gasteiger partial charge on any atom is 0.281 e. The number of halogens is 3. The molecule has 1 atom stereocenters. The first-order chi connectivity index (χ1) is 21.3. The van der Waals surface area contributed by atoms with Crippen molar-refractivity contribution in [3.8, 4) is 5.75 Å². The summed E-state index contributed by atoms with van der Waals surface area (Å²) in [5.41, 5.74) is 0.326. The summed E-state index contributed by atoms with van der Waals surface area (Å²) >= 11 is 20.1. The molecular weight excluding hydrogens is 687 g/mol. The minimum atomic E-state index is -3.73. The second-order valence-electron chi connectivity index (χ2n) is 10.5. The quantitative estimate of drug-likeness (QED) is 0.231. The summed E-state index contributed by atoms with van der Waals surface area (Å²) < 4.78 is 33.1. The molecule has 2 amide bonds. The van der Waals surface area contributed by atoms with E-state index in [1.807, 2.05) is 0 Å². The molecule has 0 bridgehead atoms. The minimum Gasteiger partial charge on any atom is -0.489 e. The van der Waals surface area contributed by atoms with Gasteiger partial charge in [0.15, 0.2) is 5.82 Å². The van der Waals surface area contributed by atoms with Gasteiger partial charge in [-0.3, -0.25) is 9.59 Å². The van der Waals surface area contributed by atoms with Crippen LogP contribution in [0.4, 0.5) is 11.5 Å². The van der Waals surface area contributed by atoms with E-state index in [2.05, 4.69) is 20.5 Å². The number of thiophene rings is 1. The number of hydrogen-bond acceptors (Lipinski definition) is 9. The zero-order valence-electron chi connectivity index (χ0n) is 24.7. The van der Waals surface area contributed by atoms with Gasteiger partial charge in [0.25, 0.3) is 22.0 Å². The van der Waals surface area contributed by atoms with Crippen LogP contribution in [0.15, 0.2) is 35.8 Å². The van der Waals surface area contributed by atoms with E-state index in [1.54, 1.807) is 17.5 Å². The van der Waals surface area contributed by atoms with Crippen molar-refractivity contribution in [3.05, 3.63) is 66.9 Å². The Morgan fingerprint density at radius 3 is 2.51 bits per heavy atom. The highest BCUT2D eigenvalue weighted by Gasteiger charge is 2.27. The average Bonchev–Trinajstić information content (AvgIpc) is 3.63. The number of ether oxygens (including phenoxy) is 1. The van der Waals surface area contributed by atoms with Gasteiger partial charge < -0.3 is 25.4 Å². The van der Waals surface area contributed by atoms with Gasteiger partial charge in [0.05, 0.1) is 21.3 Å². The van der Waals surface area contributed by atoms with Crippen LogP contribution in [0.2, 0.25) is 15.1 Å². The number of carbonyl (C=O) groups is 2. The molecule has 1 unspecified atom stereocenters. The molecule has 0 radical (unpaired) electrons. The van der Waals surface area contributed by atoms with Crippen LogP contribution in [0.3, 0.4) is 0 Å². The fourth-order valence-electron chi connectivity index (χ4n) is 4.57. The summed E-state index contributed by atoms with van der Waals surface area (Å²) in [5, 5.41) is 17.9. The number of nitrogens with one attached hydrogen (secondary N) is 2. The predicted octanol–water partition coefficient (Wildman–Crippen LogP) is 4.68. The number of pyridine rings is 1. The second-order valence-corrected chi connectivity index (χ2v) is 14.8. The van der Waals surface area contributed by atoms with Gasteiger partial charge in [0, 0.05) is 51.5 Å². The summed E-state index contributed by atoms with van der Waals surface area (Å²) in [6.07, 6.45) is 2.73. The predicted molar refractivity (Wildman–Crippen MR) is 177 cm³/mol. The number of amides is 2. The Kier molecular flexibility index (Phi) is 12.1. The zero-order chi connectivity index (χ0) is 32.9. The van der Waals surface area contributed by atoms with Crippen LogP contribution in [-0.4, -0.2) is 97.3 Å². The Balaban J connectivity index is 1.63. The molecule has 12 nitrogen and oxygen atoms in total. The third-order valence-electron chi connectivity index (χ3n) is 6.89. The van der Waals surface area contributed by atoms with Crippen LogP contribution in [0, 0.1) is 0 Å². The molecule has 0 saturated carbocycles. The Labute approximate surface area is 281 Å². The topological polar surface area (TPSA) is 144 Å². The van der Waals surface area contributed by atoms with Crippen molar-refractivity contribution < 1.29 is 27.9 Å². The smallest absolute Gasteiger partial charge is 0.281 e. The summed E-state index contributed by atoms with van der Waals surface area (Å²) in [4.78, 5) is 33.4. The standard InChI is InChI=1S/C28H33Cl3N6O6S2/c1-35(2)45(41,42)36(3)13-17-16-44-25(23(17)31)28(40)33-24-20(27(39)34-26-21(30)7-6-8-32-26)11-18(29)12-22(24)43-15-19(38)14-37-9-4-5-10-37/h6-8,11-12,16,19,38H,4-5,9-10,13-15H2,1-3H3,(H,33,40)(H,32,34,39). The molecule has 0 aliphatic carbocycles. The van der Waals surface area contributed by atoms with Gasteiger partial charge in [-0.2, -0.15) is 17.0 Å². The number of carbonyl (C=O) groups excluding carboxylic acids is 2. The molecule has 17 heteroatoms. The van der Waals surface area contributed by atoms with Crippen LogP contribution in [0.5, 0.6) is 5.75 Å². The Morgan fingerprint density at radius 1 is 1.13 bits per heavy atom. The highest BCUT2D eigenvalue weighted by Crippen LogP contribution is 2.36. The molecule has 3 aromatic rings. The molecule has 2 aromatic heterocycles. The molecule has 1 fully saturated rings. The van der Waals surface area contributed by atoms with E-state index in [1.165, 1.54) is 39.5 Å². The third-order valence-corrected chi connectivity index (χ3v) is 10.8. The molecule has 0 spiro atoms. The number of benzene rings is 1. The van der Waals surface area contributed by atoms with Crippen molar-refractivity contribution in [2.75, 3.05) is 58.0 Å². The first-order valence-electron chi connectivity index (χ1n) is 13.8. The maximum absolute atomic E-state index is 13.6. The van der Waals surface area contributed by atoms with E-state index in [4.69, 9.17) is 39.5 Å². The molecule has 244 valence electrons. The molecule has 1 aromatic carbocycles. The van der Waals surface area contributed by atoms with Gasteiger partial charge in [-0.15, -0.1) is 11.3 Å². The number of hydrogen-bond donors (Lipinski definition) is 3. The number of aromatic nitrogens is 1. The average molecular weight is 720 g/mol. The Morgan fingerprint density at radius 2 is 1.84 bits per heavy atom. The molecule has 1 aliphatic rings. The number of anilines is 2. The fraction of sp³-hybridized carbons (Fsp3) is 0.393. The van der Waals surface area contributed by atoms with Gasteiger partial charge in [-0.1, -0.05) is 34.8 Å². The lowest BCUT2D eigenvalue weighted by Crippen LogP contribution is -2.36. The number of likely N-dealkylation sites (tertiary alicyclic amines) is 1. The first kappa shape index (κ1) is 35.3. The van der Waals surface area contributed by atoms with Gasteiger partial charge in [0.2, 0.25) is 0 Å². The van der Waals surface area contributed by atoms with Crippen LogP contribution in [-0.2, 0) is 16.8 Å². The monoisotopic (exact) mass is 718 g/mol. The number of aliphatic hydroxyl groups excluding tert-OH is 1. The molecule has 3 N–H and O–H groups in total. The van der Waals surface area contributed by atoms with E-state index < -0.39 is 28.1 Å². The highest BCUT2D eigenvalue weighted by atomic mass is 35.5. The minimum absolute atomic E-state index is 0.0272. The summed E-state index contributed by atoms with van der Waals surface area (Å²) in [6, 6.07) is 5.93. The van der Waals surface area contributed by atoms with Gasteiger partial charge in [-0.05, 0) is 55.1 Å². The fourth-order valence-corrected chi connectivity index (χ4v) is 7.05. The van der Waals surface area contributed by atoms with E-state index >= 15 is 0 Å². The number of aliphatic hydroxyl groups is 1. The van der Waals surface area contributed by atoms with Crippen LogP contribution in [0.25, 0.3) is 0 Å². The molecule has 1 aliphatic heterocycles. The molecule has 3 heterocycles. The molecule has 45 heavy (non-hydrogen) atoms. The SMILES string of the molecule is CN(C)S(=O)(=O)N(C)Cc1csc(C(=O)Nc2c(OCC(O)CN3CCCC3)cc(Cl)cc2C(=O)Nc2ncccc2Cl)c1Cl. The van der Waals surface area contributed by atoms with Crippen LogP contribution < -0.4 is 15.4 Å².